The van der Waals surface area contributed by atoms with Gasteiger partial charge >= 0.3 is 0 Å². The predicted octanol–water partition coefficient (Wildman–Crippen LogP) is 3.95. The number of nitrogens with two attached hydrogens (primary N) is 2. The van der Waals surface area contributed by atoms with E-state index in [1.54, 1.807) is 0 Å². The van der Waals surface area contributed by atoms with Gasteiger partial charge in [-0.15, -0.1) is 0 Å². The topological polar surface area (TPSA) is 82.7 Å². The summed E-state index contributed by atoms with van der Waals surface area (Å²) in [5.74, 6) is 0.613. The van der Waals surface area contributed by atoms with Gasteiger partial charge in [0.05, 0.1) is 5.52 Å². The number of hydrogen-bond donors (Lipinski definition) is 2. The number of nitrogens with zero attached hydrogens (tertiary/aromatic N) is 3. The van der Waals surface area contributed by atoms with Crippen LogP contribution >= 0.6 is 0 Å². The van der Waals surface area contributed by atoms with Gasteiger partial charge in [-0.25, -0.2) is 4.98 Å². The zero-order chi connectivity index (χ0) is 17.7. The summed E-state index contributed by atoms with van der Waals surface area (Å²) in [6.45, 7) is 0.744. The molecule has 0 bridgehead atoms. The molecule has 4 N–H and O–H groups in total. The summed E-state index contributed by atoms with van der Waals surface area (Å²) in [5, 5.41) is 3.36. The van der Waals surface area contributed by atoms with Crippen molar-refractivity contribution in [2.45, 2.75) is 6.54 Å². The Hall–Kier alpha value is -3.60. The normalized spacial score (nSPS) is 11.5. The fourth-order valence-corrected chi connectivity index (χ4v) is 3.67. The molecule has 3 aromatic carbocycles. The van der Waals surface area contributed by atoms with Crippen molar-refractivity contribution < 1.29 is 0 Å². The van der Waals surface area contributed by atoms with Gasteiger partial charge in [-0.3, -0.25) is 0 Å². The van der Waals surface area contributed by atoms with Crippen LogP contribution in [0.1, 0.15) is 5.56 Å². The number of hydrogen-bond acceptors (Lipinski definition) is 4. The van der Waals surface area contributed by atoms with Gasteiger partial charge in [0.15, 0.2) is 0 Å². The van der Waals surface area contributed by atoms with Gasteiger partial charge in [0.25, 0.3) is 0 Å². The molecule has 5 nitrogen and oxygen atoms in total. The van der Waals surface area contributed by atoms with Crippen molar-refractivity contribution >= 4 is 44.5 Å². The molecule has 0 atom stereocenters. The Labute approximate surface area is 149 Å². The van der Waals surface area contributed by atoms with Crippen LogP contribution in [0.4, 0.5) is 11.8 Å². The van der Waals surface area contributed by atoms with E-state index in [9.17, 15) is 0 Å². The van der Waals surface area contributed by atoms with Crippen LogP contribution in [0, 0.1) is 0 Å². The molecule has 126 valence electrons. The number of benzene rings is 3. The number of nitrogen functional groups attached to an aromatic ring is 2. The van der Waals surface area contributed by atoms with Crippen molar-refractivity contribution in [2.75, 3.05) is 11.5 Å². The second-order valence-electron chi connectivity index (χ2n) is 6.44. The Morgan fingerprint density at radius 1 is 0.731 bits per heavy atom. The molecule has 0 saturated heterocycles. The maximum atomic E-state index is 6.04. The second kappa shape index (κ2) is 5.46. The third kappa shape index (κ3) is 2.18. The molecule has 5 heteroatoms. The van der Waals surface area contributed by atoms with E-state index in [0.29, 0.717) is 5.82 Å². The molecule has 0 saturated carbocycles. The molecule has 2 heterocycles. The van der Waals surface area contributed by atoms with Crippen LogP contribution in [-0.2, 0) is 6.54 Å². The molecule has 5 aromatic rings. The van der Waals surface area contributed by atoms with Crippen LogP contribution in [0.5, 0.6) is 0 Å². The summed E-state index contributed by atoms with van der Waals surface area (Å²) < 4.78 is 2.33. The lowest BCUT2D eigenvalue weighted by atomic mass is 10.1. The highest BCUT2D eigenvalue weighted by Gasteiger charge is 2.11. The maximum absolute atomic E-state index is 6.04. The highest BCUT2D eigenvalue weighted by molar-refractivity contribution is 6.08. The third-order valence-electron chi connectivity index (χ3n) is 4.83. The Morgan fingerprint density at radius 3 is 2.08 bits per heavy atom. The minimum atomic E-state index is 0.199. The fraction of sp³-hybridized carbons (Fsp3) is 0.0476. The van der Waals surface area contributed by atoms with Crippen molar-refractivity contribution in [3.8, 4) is 0 Å². The first-order valence-electron chi connectivity index (χ1n) is 8.48. The van der Waals surface area contributed by atoms with Gasteiger partial charge < -0.3 is 16.0 Å². The third-order valence-corrected chi connectivity index (χ3v) is 4.83. The second-order valence-corrected chi connectivity index (χ2v) is 6.44. The molecule has 0 aliphatic carbocycles. The minimum Gasteiger partial charge on any atom is -0.383 e. The average Bonchev–Trinajstić information content (AvgIpc) is 2.97. The molecule has 0 fully saturated rings. The van der Waals surface area contributed by atoms with Gasteiger partial charge in [0, 0.05) is 33.7 Å². The van der Waals surface area contributed by atoms with Crippen LogP contribution < -0.4 is 11.5 Å². The molecule has 0 unspecified atom stereocenters. The highest BCUT2D eigenvalue weighted by atomic mass is 15.0. The van der Waals surface area contributed by atoms with Gasteiger partial charge in [0.1, 0.15) is 5.82 Å². The van der Waals surface area contributed by atoms with E-state index in [0.717, 1.165) is 23.0 Å². The smallest absolute Gasteiger partial charge is 0.222 e. The van der Waals surface area contributed by atoms with Crippen molar-refractivity contribution in [1.29, 1.82) is 0 Å². The van der Waals surface area contributed by atoms with Crippen molar-refractivity contribution in [1.82, 2.24) is 14.5 Å². The van der Waals surface area contributed by atoms with Crippen LogP contribution in [0.3, 0.4) is 0 Å². The van der Waals surface area contributed by atoms with Crippen LogP contribution in [-0.4, -0.2) is 14.5 Å². The molecule has 0 aliphatic rings. The Bertz CT molecular complexity index is 1230. The lowest BCUT2D eigenvalue weighted by Crippen LogP contribution is -2.03. The molecular weight excluding hydrogens is 322 g/mol. The van der Waals surface area contributed by atoms with Crippen LogP contribution in [0.2, 0.25) is 0 Å². The summed E-state index contributed by atoms with van der Waals surface area (Å²) in [6, 6.07) is 23.0. The van der Waals surface area contributed by atoms with Gasteiger partial charge in [0.2, 0.25) is 5.95 Å². The van der Waals surface area contributed by atoms with Gasteiger partial charge in [-0.1, -0.05) is 42.5 Å². The Balaban J connectivity index is 1.71. The first kappa shape index (κ1) is 14.7. The molecule has 0 aliphatic heterocycles. The lowest BCUT2D eigenvalue weighted by Gasteiger charge is -2.10. The Morgan fingerprint density at radius 2 is 1.38 bits per heavy atom. The summed E-state index contributed by atoms with van der Waals surface area (Å²) in [6.07, 6.45) is 0. The molecule has 0 spiro atoms. The minimum absolute atomic E-state index is 0.199. The molecule has 2 aromatic heterocycles. The predicted molar refractivity (Wildman–Crippen MR) is 107 cm³/mol. The van der Waals surface area contributed by atoms with Gasteiger partial charge in [-0.2, -0.15) is 4.98 Å². The first-order valence-corrected chi connectivity index (χ1v) is 8.48. The largest absolute Gasteiger partial charge is 0.383 e. The summed E-state index contributed by atoms with van der Waals surface area (Å²) >= 11 is 0. The lowest BCUT2D eigenvalue weighted by molar-refractivity contribution is 0.870. The number of para-hydroxylation sites is 2. The zero-order valence-corrected chi connectivity index (χ0v) is 14.1. The number of anilines is 2. The SMILES string of the molecule is Nc1nc(N)c2cc(Cn3c4ccccc4c4ccccc43)ccc2n1. The van der Waals surface area contributed by atoms with E-state index in [1.165, 1.54) is 21.8 Å². The first-order chi connectivity index (χ1) is 12.7. The van der Waals surface area contributed by atoms with Crippen LogP contribution in [0.25, 0.3) is 32.7 Å². The van der Waals surface area contributed by atoms with E-state index < -0.39 is 0 Å². The fourth-order valence-electron chi connectivity index (χ4n) is 3.67. The highest BCUT2D eigenvalue weighted by Crippen LogP contribution is 2.30. The maximum Gasteiger partial charge on any atom is 0.222 e. The molecule has 5 rings (SSSR count). The van der Waals surface area contributed by atoms with E-state index in [-0.39, 0.29) is 5.95 Å². The van der Waals surface area contributed by atoms with E-state index in [4.69, 9.17) is 11.5 Å². The zero-order valence-electron chi connectivity index (χ0n) is 14.1. The molecule has 26 heavy (non-hydrogen) atoms. The number of fused-ring (bicyclic) bond motifs is 4. The number of aromatic nitrogens is 3. The van der Waals surface area contributed by atoms with E-state index in [2.05, 4.69) is 69.1 Å². The molecular formula is C21H17N5. The number of rotatable bonds is 2. The van der Waals surface area contributed by atoms with Crippen molar-refractivity contribution in [3.63, 3.8) is 0 Å². The van der Waals surface area contributed by atoms with Gasteiger partial charge in [-0.05, 0) is 29.8 Å². The van der Waals surface area contributed by atoms with Crippen molar-refractivity contribution in [3.05, 3.63) is 72.3 Å². The average molecular weight is 339 g/mol. The van der Waals surface area contributed by atoms with E-state index >= 15 is 0 Å². The van der Waals surface area contributed by atoms with Crippen LogP contribution in [0.15, 0.2) is 66.7 Å². The Kier molecular flexibility index (Phi) is 3.09. The molecule has 0 amide bonds. The van der Waals surface area contributed by atoms with E-state index in [1.807, 2.05) is 12.1 Å². The molecule has 0 radical (unpaired) electrons. The summed E-state index contributed by atoms with van der Waals surface area (Å²) in [5.41, 5.74) is 16.1. The van der Waals surface area contributed by atoms with Crippen molar-refractivity contribution in [2.24, 2.45) is 0 Å². The summed E-state index contributed by atoms with van der Waals surface area (Å²) in [7, 11) is 0. The monoisotopic (exact) mass is 339 g/mol. The standard InChI is InChI=1S/C21H17N5/c22-20-16-11-13(9-10-17(16)24-21(23)25-20)12-26-18-7-3-1-5-14(18)15-6-2-4-8-19(15)26/h1-11H,12H2,(H4,22,23,24,25). The summed E-state index contributed by atoms with van der Waals surface area (Å²) in [4.78, 5) is 8.33. The quantitative estimate of drug-likeness (QED) is 0.510.